The fourth-order valence-electron chi connectivity index (χ4n) is 2.74. The molecule has 0 spiro atoms. The van der Waals surface area contributed by atoms with Gasteiger partial charge in [-0.15, -0.1) is 5.54 Å². The number of aromatic nitrogens is 2. The second kappa shape index (κ2) is 6.38. The second-order valence-corrected chi connectivity index (χ2v) is 11.8. The Morgan fingerprint density at radius 3 is 2.79 bits per heavy atom. The summed E-state index contributed by atoms with van der Waals surface area (Å²) >= 11 is 0. The smallest absolute Gasteiger partial charge is 0.272 e. The molecule has 6 nitrogen and oxygen atoms in total. The van der Waals surface area contributed by atoms with E-state index in [4.69, 9.17) is 4.74 Å². The molecule has 1 atom stereocenters. The summed E-state index contributed by atoms with van der Waals surface area (Å²) in [5.41, 5.74) is 4.71. The Labute approximate surface area is 142 Å². The van der Waals surface area contributed by atoms with Crippen molar-refractivity contribution >= 4 is 24.7 Å². The topological polar surface area (TPSA) is 70.2 Å². The number of nitrogens with zero attached hydrogens (tertiary/aromatic N) is 3. The maximum atomic E-state index is 11.3. The van der Waals surface area contributed by atoms with E-state index in [-0.39, 0.29) is 16.8 Å². The molecule has 1 aliphatic rings. The number of hydrogen-bond acceptors (Lipinski definition) is 4. The summed E-state index contributed by atoms with van der Waals surface area (Å²) in [4.78, 5) is 10.9. The van der Waals surface area contributed by atoms with Crippen molar-refractivity contribution < 1.29 is 9.66 Å². The minimum Gasteiger partial charge on any atom is -0.356 e. The number of nitro groups is 1. The van der Waals surface area contributed by atoms with Gasteiger partial charge >= 0.3 is 0 Å². The molecule has 0 N–H and O–H groups in total. The van der Waals surface area contributed by atoms with Gasteiger partial charge in [0.05, 0.1) is 16.6 Å². The van der Waals surface area contributed by atoms with Crippen LogP contribution in [0.4, 0.5) is 5.69 Å². The highest BCUT2D eigenvalue weighted by molar-refractivity contribution is 6.83. The van der Waals surface area contributed by atoms with Gasteiger partial charge in [-0.2, -0.15) is 5.10 Å². The van der Waals surface area contributed by atoms with Crippen LogP contribution in [0.15, 0.2) is 18.3 Å². The Morgan fingerprint density at radius 1 is 1.38 bits per heavy atom. The molecule has 126 valence electrons. The maximum absolute atomic E-state index is 11.3. The van der Waals surface area contributed by atoms with E-state index in [1.807, 2.05) is 0 Å². The van der Waals surface area contributed by atoms with E-state index in [1.165, 1.54) is 0 Å². The quantitative estimate of drug-likeness (QED) is 0.359. The normalized spacial score (nSPS) is 18.2. The molecule has 0 aliphatic carbocycles. The van der Waals surface area contributed by atoms with Crippen LogP contribution in [0, 0.1) is 21.6 Å². The van der Waals surface area contributed by atoms with Gasteiger partial charge in [0.25, 0.3) is 5.69 Å². The van der Waals surface area contributed by atoms with E-state index in [0.717, 1.165) is 30.2 Å². The third-order valence-electron chi connectivity index (χ3n) is 3.91. The van der Waals surface area contributed by atoms with E-state index in [1.54, 1.807) is 23.0 Å². The van der Waals surface area contributed by atoms with Crippen molar-refractivity contribution in [1.29, 1.82) is 0 Å². The van der Waals surface area contributed by atoms with Crippen molar-refractivity contribution in [2.75, 3.05) is 6.61 Å². The lowest BCUT2D eigenvalue weighted by Crippen LogP contribution is -2.19. The van der Waals surface area contributed by atoms with Gasteiger partial charge < -0.3 is 4.74 Å². The van der Waals surface area contributed by atoms with Crippen LogP contribution in [-0.2, 0) is 4.74 Å². The molecule has 1 aliphatic heterocycles. The highest BCUT2D eigenvalue weighted by atomic mass is 28.3. The van der Waals surface area contributed by atoms with Gasteiger partial charge in [0.15, 0.2) is 6.23 Å². The Morgan fingerprint density at radius 2 is 2.17 bits per heavy atom. The molecule has 0 bridgehead atoms. The van der Waals surface area contributed by atoms with Gasteiger partial charge in [-0.3, -0.25) is 10.1 Å². The van der Waals surface area contributed by atoms with Gasteiger partial charge in [0, 0.05) is 29.7 Å². The molecule has 0 amide bonds. The molecule has 1 aromatic carbocycles. The zero-order chi connectivity index (χ0) is 17.3. The first-order valence-corrected chi connectivity index (χ1v) is 11.7. The maximum Gasteiger partial charge on any atom is 0.272 e. The molecular weight excluding hydrogens is 322 g/mol. The first-order valence-electron chi connectivity index (χ1n) is 8.15. The van der Waals surface area contributed by atoms with Gasteiger partial charge in [0.1, 0.15) is 8.07 Å². The highest BCUT2D eigenvalue weighted by Crippen LogP contribution is 2.30. The predicted octanol–water partition coefficient (Wildman–Crippen LogP) is 3.87. The Kier molecular flexibility index (Phi) is 4.43. The zero-order valence-corrected chi connectivity index (χ0v) is 15.2. The van der Waals surface area contributed by atoms with Crippen molar-refractivity contribution in [2.45, 2.75) is 45.1 Å². The van der Waals surface area contributed by atoms with Gasteiger partial charge in [-0.25, -0.2) is 4.68 Å². The lowest BCUT2D eigenvalue weighted by Gasteiger charge is -2.23. The number of nitro benzene ring substituents is 1. The number of benzene rings is 1. The van der Waals surface area contributed by atoms with Gasteiger partial charge in [-0.05, 0) is 19.3 Å². The number of non-ortho nitro benzene ring substituents is 1. The third kappa shape index (κ3) is 3.50. The first kappa shape index (κ1) is 16.7. The molecule has 1 saturated heterocycles. The summed E-state index contributed by atoms with van der Waals surface area (Å²) in [7, 11) is -1.58. The molecule has 0 radical (unpaired) electrons. The van der Waals surface area contributed by atoms with E-state index in [2.05, 4.69) is 36.2 Å². The minimum atomic E-state index is -1.58. The molecule has 1 aromatic heterocycles. The second-order valence-electron chi connectivity index (χ2n) is 7.09. The van der Waals surface area contributed by atoms with Crippen LogP contribution in [0.3, 0.4) is 0 Å². The van der Waals surface area contributed by atoms with E-state index >= 15 is 0 Å². The van der Waals surface area contributed by atoms with Crippen LogP contribution in [0.2, 0.25) is 19.6 Å². The van der Waals surface area contributed by atoms with Crippen LogP contribution >= 0.6 is 0 Å². The number of fused-ring (bicyclic) bond motifs is 1. The van der Waals surface area contributed by atoms with Crippen molar-refractivity contribution in [2.24, 2.45) is 0 Å². The minimum absolute atomic E-state index is 0.0416. The molecule has 2 aromatic rings. The Bertz CT molecular complexity index is 836. The molecule has 2 heterocycles. The van der Waals surface area contributed by atoms with E-state index < -0.39 is 8.07 Å². The fourth-order valence-corrected chi connectivity index (χ4v) is 3.25. The lowest BCUT2D eigenvalue weighted by atomic mass is 10.1. The summed E-state index contributed by atoms with van der Waals surface area (Å²) in [6, 6.07) is 3.11. The number of hydrogen-bond donors (Lipinski definition) is 0. The summed E-state index contributed by atoms with van der Waals surface area (Å²) < 4.78 is 7.55. The molecule has 0 saturated carbocycles. The van der Waals surface area contributed by atoms with E-state index in [0.29, 0.717) is 12.2 Å². The summed E-state index contributed by atoms with van der Waals surface area (Å²) in [6.45, 7) is 7.14. The van der Waals surface area contributed by atoms with Crippen LogP contribution in [-0.4, -0.2) is 29.4 Å². The molecule has 24 heavy (non-hydrogen) atoms. The molecule has 1 unspecified atom stereocenters. The predicted molar refractivity (Wildman–Crippen MR) is 95.5 cm³/mol. The molecule has 3 rings (SSSR count). The third-order valence-corrected chi connectivity index (χ3v) is 4.79. The Hall–Kier alpha value is -2.17. The Balaban J connectivity index is 2.15. The molecule has 7 heteroatoms. The first-order chi connectivity index (χ1) is 11.3. The van der Waals surface area contributed by atoms with Crippen LogP contribution in [0.25, 0.3) is 10.9 Å². The van der Waals surface area contributed by atoms with Gasteiger partial charge in [0.2, 0.25) is 0 Å². The number of rotatable bonds is 2. The summed E-state index contributed by atoms with van der Waals surface area (Å²) in [6.07, 6.45) is 4.57. The van der Waals surface area contributed by atoms with Crippen molar-refractivity contribution in [1.82, 2.24) is 9.78 Å². The van der Waals surface area contributed by atoms with Crippen molar-refractivity contribution in [3.8, 4) is 11.5 Å². The summed E-state index contributed by atoms with van der Waals surface area (Å²) in [5.74, 6) is 3.15. The van der Waals surface area contributed by atoms with Gasteiger partial charge in [-0.1, -0.05) is 25.6 Å². The average Bonchev–Trinajstić information content (AvgIpc) is 2.96. The molecule has 1 fully saturated rings. The zero-order valence-electron chi connectivity index (χ0n) is 14.2. The number of ether oxygens (including phenoxy) is 1. The largest absolute Gasteiger partial charge is 0.356 e. The van der Waals surface area contributed by atoms with Crippen LogP contribution in [0.5, 0.6) is 0 Å². The average molecular weight is 343 g/mol. The lowest BCUT2D eigenvalue weighted by molar-refractivity contribution is -0.384. The van der Waals surface area contributed by atoms with Crippen molar-refractivity contribution in [3.05, 3.63) is 34.0 Å². The van der Waals surface area contributed by atoms with Crippen LogP contribution < -0.4 is 0 Å². The molecular formula is C17H21N3O3Si. The highest BCUT2D eigenvalue weighted by Gasteiger charge is 2.21. The SMILES string of the molecule is C[Si](C)(C)C#Cc1cc([N+](=O)[O-])cc2c1cnn2C1CCCCO1. The monoisotopic (exact) mass is 343 g/mol. The summed E-state index contributed by atoms with van der Waals surface area (Å²) in [5, 5.41) is 16.6. The van der Waals surface area contributed by atoms with E-state index in [9.17, 15) is 10.1 Å². The fraction of sp³-hybridized carbons (Fsp3) is 0.471. The van der Waals surface area contributed by atoms with Crippen LogP contribution in [0.1, 0.15) is 31.1 Å². The standard InChI is InChI=1S/C17H21N3O3Si/c1-24(2,3)9-7-13-10-14(20(21)22)11-16-15(13)12-18-19(16)17-6-4-5-8-23-17/h10-12,17H,4-6,8H2,1-3H3. The van der Waals surface area contributed by atoms with Crippen molar-refractivity contribution in [3.63, 3.8) is 0 Å².